The molecule has 8 nitrogen and oxygen atoms in total. The Morgan fingerprint density at radius 2 is 1.84 bits per heavy atom. The maximum absolute atomic E-state index is 13.5. The number of nitrogens with zero attached hydrogens (tertiary/aromatic N) is 5. The smallest absolute Gasteiger partial charge is 0.276 e. The average Bonchev–Trinajstić information content (AvgIpc) is 3.53. The van der Waals surface area contributed by atoms with E-state index in [1.54, 1.807) is 36.1 Å². The molecule has 0 unspecified atom stereocenters. The molecule has 1 amide bonds. The van der Waals surface area contributed by atoms with Crippen LogP contribution in [0.15, 0.2) is 54.3 Å². The second-order valence-corrected chi connectivity index (χ2v) is 13.9. The van der Waals surface area contributed by atoms with Crippen LogP contribution in [0.5, 0.6) is 0 Å². The SMILES string of the molecule is CC(C)n1cnc(-c2ccc(F)cc2)c1-c1nc(C(=O)Nc2ccc(N3CCP(C)(=O)CC3)cn2)cs1. The lowest BCUT2D eigenvalue weighted by Gasteiger charge is -2.32. The Balaban J connectivity index is 1.33. The molecule has 3 aromatic heterocycles. The summed E-state index contributed by atoms with van der Waals surface area (Å²) in [5.74, 6) is -0.238. The number of nitrogens with one attached hydrogen (secondary N) is 1. The zero-order valence-electron chi connectivity index (χ0n) is 20.9. The van der Waals surface area contributed by atoms with Gasteiger partial charge in [0.1, 0.15) is 28.0 Å². The molecular weight excluding hydrogens is 510 g/mol. The predicted octanol–water partition coefficient (Wildman–Crippen LogP) is 5.85. The van der Waals surface area contributed by atoms with Crippen molar-refractivity contribution in [3.8, 4) is 22.0 Å². The van der Waals surface area contributed by atoms with Crippen LogP contribution in [0.25, 0.3) is 22.0 Å². The van der Waals surface area contributed by atoms with Crippen LogP contribution in [-0.2, 0) is 4.57 Å². The van der Waals surface area contributed by atoms with E-state index in [0.29, 0.717) is 28.8 Å². The molecule has 0 saturated carbocycles. The lowest BCUT2D eigenvalue weighted by molar-refractivity contribution is 0.102. The maximum Gasteiger partial charge on any atom is 0.276 e. The van der Waals surface area contributed by atoms with Crippen LogP contribution < -0.4 is 10.2 Å². The molecule has 1 aromatic carbocycles. The van der Waals surface area contributed by atoms with Crippen molar-refractivity contribution in [3.05, 3.63) is 65.8 Å². The van der Waals surface area contributed by atoms with E-state index in [-0.39, 0.29) is 23.5 Å². The molecule has 0 bridgehead atoms. The Morgan fingerprint density at radius 1 is 1.11 bits per heavy atom. The summed E-state index contributed by atoms with van der Waals surface area (Å²) in [6, 6.07) is 9.98. The molecule has 1 fully saturated rings. The Bertz CT molecular complexity index is 1450. The van der Waals surface area contributed by atoms with E-state index in [1.165, 1.54) is 23.5 Å². The molecule has 0 spiro atoms. The molecule has 0 aliphatic carbocycles. The number of anilines is 2. The van der Waals surface area contributed by atoms with Crippen LogP contribution in [0.1, 0.15) is 30.4 Å². The van der Waals surface area contributed by atoms with E-state index in [0.717, 1.165) is 30.0 Å². The van der Waals surface area contributed by atoms with Gasteiger partial charge in [0.2, 0.25) is 0 Å². The van der Waals surface area contributed by atoms with Crippen molar-refractivity contribution in [3.63, 3.8) is 0 Å². The number of amides is 1. The molecule has 37 heavy (non-hydrogen) atoms. The van der Waals surface area contributed by atoms with Gasteiger partial charge in [0.15, 0.2) is 0 Å². The first kappa shape index (κ1) is 25.3. The first-order chi connectivity index (χ1) is 17.7. The highest BCUT2D eigenvalue weighted by molar-refractivity contribution is 7.63. The normalized spacial score (nSPS) is 15.2. The molecule has 4 aromatic rings. The Kier molecular flexibility index (Phi) is 6.96. The number of hydrogen-bond donors (Lipinski definition) is 1. The van der Waals surface area contributed by atoms with Gasteiger partial charge in [-0.25, -0.2) is 19.3 Å². The minimum atomic E-state index is -2.00. The lowest BCUT2D eigenvalue weighted by atomic mass is 10.1. The fraction of sp³-hybridized carbons (Fsp3) is 0.308. The molecule has 1 aliphatic rings. The number of rotatable bonds is 6. The minimum Gasteiger partial charge on any atom is -0.369 e. The molecule has 1 aliphatic heterocycles. The van der Waals surface area contributed by atoms with Crippen LogP contribution in [0.2, 0.25) is 0 Å². The van der Waals surface area contributed by atoms with Crippen molar-refractivity contribution < 1.29 is 13.8 Å². The second kappa shape index (κ2) is 10.2. The first-order valence-electron chi connectivity index (χ1n) is 12.1. The maximum atomic E-state index is 13.5. The van der Waals surface area contributed by atoms with Crippen LogP contribution in [0, 0.1) is 5.82 Å². The number of hydrogen-bond acceptors (Lipinski definition) is 7. The fourth-order valence-electron chi connectivity index (χ4n) is 4.24. The van der Waals surface area contributed by atoms with Gasteiger partial charge in [-0.15, -0.1) is 11.3 Å². The molecule has 1 N–H and O–H groups in total. The van der Waals surface area contributed by atoms with Crippen molar-refractivity contribution in [1.82, 2.24) is 19.5 Å². The number of thiazole rings is 1. The van der Waals surface area contributed by atoms with E-state index >= 15 is 0 Å². The zero-order valence-corrected chi connectivity index (χ0v) is 22.6. The van der Waals surface area contributed by atoms with Crippen molar-refractivity contribution in [1.29, 1.82) is 0 Å². The third-order valence-electron chi connectivity index (χ3n) is 6.45. The highest BCUT2D eigenvalue weighted by atomic mass is 32.1. The number of imidazole rings is 1. The highest BCUT2D eigenvalue weighted by Gasteiger charge is 2.25. The number of benzene rings is 1. The summed E-state index contributed by atoms with van der Waals surface area (Å²) in [5, 5.41) is 5.18. The minimum absolute atomic E-state index is 0.116. The van der Waals surface area contributed by atoms with Gasteiger partial charge in [0.25, 0.3) is 5.91 Å². The molecule has 4 heterocycles. The lowest BCUT2D eigenvalue weighted by Crippen LogP contribution is -2.34. The summed E-state index contributed by atoms with van der Waals surface area (Å²) in [6.07, 6.45) is 4.88. The molecular formula is C26H28FN6O2PS. The first-order valence-corrected chi connectivity index (χ1v) is 15.5. The van der Waals surface area contributed by atoms with Crippen LogP contribution >= 0.6 is 18.5 Å². The van der Waals surface area contributed by atoms with Gasteiger partial charge in [-0.05, 0) is 56.9 Å². The number of aromatic nitrogens is 4. The van der Waals surface area contributed by atoms with Gasteiger partial charge in [-0.3, -0.25) is 4.79 Å². The topological polar surface area (TPSA) is 93.0 Å². The van der Waals surface area contributed by atoms with E-state index < -0.39 is 7.14 Å². The molecule has 1 saturated heterocycles. The molecule has 5 rings (SSSR count). The number of carbonyl (C=O) groups is 1. The Labute approximate surface area is 219 Å². The summed E-state index contributed by atoms with van der Waals surface area (Å²) in [7, 11) is -2.00. The van der Waals surface area contributed by atoms with E-state index in [1.807, 2.05) is 31.1 Å². The fourth-order valence-corrected chi connectivity index (χ4v) is 6.64. The largest absolute Gasteiger partial charge is 0.369 e. The van der Waals surface area contributed by atoms with Crippen LogP contribution in [0.4, 0.5) is 15.9 Å². The summed E-state index contributed by atoms with van der Waals surface area (Å²) >= 11 is 1.35. The summed E-state index contributed by atoms with van der Waals surface area (Å²) < 4.78 is 27.7. The number of halogens is 1. The predicted molar refractivity (Wildman–Crippen MR) is 147 cm³/mol. The summed E-state index contributed by atoms with van der Waals surface area (Å²) in [5.41, 5.74) is 3.47. The quantitative estimate of drug-likeness (QED) is 0.310. The van der Waals surface area contributed by atoms with Crippen molar-refractivity contribution in [2.45, 2.75) is 19.9 Å². The molecule has 0 radical (unpaired) electrons. The molecule has 11 heteroatoms. The van der Waals surface area contributed by atoms with Crippen molar-refractivity contribution >= 4 is 35.9 Å². The van der Waals surface area contributed by atoms with Crippen molar-refractivity contribution in [2.24, 2.45) is 0 Å². The van der Waals surface area contributed by atoms with Gasteiger partial charge < -0.3 is 19.3 Å². The van der Waals surface area contributed by atoms with Crippen molar-refractivity contribution in [2.75, 3.05) is 42.3 Å². The summed E-state index contributed by atoms with van der Waals surface area (Å²) in [6.45, 7) is 7.44. The Morgan fingerprint density at radius 3 is 2.49 bits per heavy atom. The van der Waals surface area contributed by atoms with Crippen LogP contribution in [-0.4, -0.2) is 57.5 Å². The second-order valence-electron chi connectivity index (χ2n) is 9.57. The molecule has 192 valence electrons. The molecule has 0 atom stereocenters. The standard InChI is InChI=1S/C26H28FN6O2PS/c1-17(2)33-16-29-23(18-4-6-19(27)7-5-18)24(33)26-30-21(15-37-26)25(34)31-22-9-8-20(14-28-22)32-10-12-36(3,35)13-11-32/h4-9,14-17H,10-13H2,1-3H3,(H,28,31,34). The van der Waals surface area contributed by atoms with E-state index in [9.17, 15) is 13.8 Å². The third kappa shape index (κ3) is 5.50. The van der Waals surface area contributed by atoms with E-state index in [4.69, 9.17) is 0 Å². The van der Waals surface area contributed by atoms with Gasteiger partial charge in [-0.2, -0.15) is 0 Å². The Hall–Kier alpha value is -3.36. The third-order valence-corrected chi connectivity index (χ3v) is 9.59. The van der Waals surface area contributed by atoms with Gasteiger partial charge in [-0.1, -0.05) is 0 Å². The average molecular weight is 539 g/mol. The van der Waals surface area contributed by atoms with Gasteiger partial charge in [0, 0.05) is 42.4 Å². The van der Waals surface area contributed by atoms with Gasteiger partial charge in [0.05, 0.1) is 31.0 Å². The van der Waals surface area contributed by atoms with Gasteiger partial charge >= 0.3 is 0 Å². The number of pyridine rings is 1. The van der Waals surface area contributed by atoms with Crippen LogP contribution in [0.3, 0.4) is 0 Å². The zero-order chi connectivity index (χ0) is 26.2. The summed E-state index contributed by atoms with van der Waals surface area (Å²) in [4.78, 5) is 28.7. The van der Waals surface area contributed by atoms with E-state index in [2.05, 4.69) is 25.2 Å². The number of carbonyl (C=O) groups excluding carboxylic acids is 1. The monoisotopic (exact) mass is 538 g/mol. The highest BCUT2D eigenvalue weighted by Crippen LogP contribution is 2.43.